The van der Waals surface area contributed by atoms with Crippen LogP contribution in [0.15, 0.2) is 0 Å². The van der Waals surface area contributed by atoms with Gasteiger partial charge >= 0.3 is 20.8 Å². The first kappa shape index (κ1) is 11.7. The summed E-state index contributed by atoms with van der Waals surface area (Å²) in [6.45, 7) is -1.29. The third-order valence-electron chi connectivity index (χ3n) is 0.488. The van der Waals surface area contributed by atoms with Crippen LogP contribution in [0, 0.1) is 0 Å². The number of hydrogen-bond acceptors (Lipinski definition) is 7. The van der Waals surface area contributed by atoms with Gasteiger partial charge in [-0.15, -0.1) is 3.63 Å². The Morgan fingerprint density at radius 3 is 2.00 bits per heavy atom. The second-order valence-corrected chi connectivity index (χ2v) is 3.90. The van der Waals surface area contributed by atoms with Gasteiger partial charge in [0.2, 0.25) is 0 Å². The Bertz CT molecular complexity index is 309. The van der Waals surface area contributed by atoms with Gasteiger partial charge in [-0.3, -0.25) is 4.55 Å². The lowest BCUT2D eigenvalue weighted by atomic mass is 10.8. The van der Waals surface area contributed by atoms with E-state index < -0.39 is 34.0 Å². The van der Waals surface area contributed by atoms with Gasteiger partial charge in [0.1, 0.15) is 0 Å². The van der Waals surface area contributed by atoms with Crippen molar-refractivity contribution in [2.75, 3.05) is 13.2 Å². The molecule has 0 aliphatic rings. The Labute approximate surface area is 69.0 Å². The zero-order valence-electron chi connectivity index (χ0n) is 5.57. The third kappa shape index (κ3) is 6.45. The van der Waals surface area contributed by atoms with Crippen molar-refractivity contribution in [2.45, 2.75) is 0 Å². The normalized spacial score (nSPS) is 13.2. The van der Waals surface area contributed by atoms with Gasteiger partial charge in [0, 0.05) is 0 Å². The zero-order chi connectivity index (χ0) is 9.83. The van der Waals surface area contributed by atoms with Crippen molar-refractivity contribution in [3.63, 3.8) is 0 Å². The summed E-state index contributed by atoms with van der Waals surface area (Å²) in [6, 6.07) is 0. The molecular weight excluding hydrogens is 216 g/mol. The van der Waals surface area contributed by atoms with Crippen LogP contribution in [0.3, 0.4) is 0 Å². The maximum atomic E-state index is 10.3. The minimum absolute atomic E-state index is 0.631. The molecule has 8 nitrogen and oxygen atoms in total. The Morgan fingerprint density at radius 1 is 1.17 bits per heavy atom. The monoisotopic (exact) mass is 222 g/mol. The van der Waals surface area contributed by atoms with Crippen molar-refractivity contribution in [1.82, 2.24) is 0 Å². The third-order valence-corrected chi connectivity index (χ3v) is 2.30. The largest absolute Gasteiger partial charge is 0.416 e. The number of hydrogen-bond donors (Lipinski definition) is 2. The van der Waals surface area contributed by atoms with Crippen molar-refractivity contribution in [1.29, 1.82) is 0 Å². The van der Waals surface area contributed by atoms with E-state index in [1.54, 1.807) is 0 Å². The molecule has 10 heteroatoms. The Balaban J connectivity index is 4.26. The van der Waals surface area contributed by atoms with Crippen LogP contribution >= 0.6 is 0 Å². The molecule has 74 valence electrons. The molecule has 0 saturated heterocycles. The molecule has 0 bridgehead atoms. The van der Waals surface area contributed by atoms with E-state index in [0.717, 1.165) is 0 Å². The second-order valence-electron chi connectivity index (χ2n) is 1.45. The topological polar surface area (TPSA) is 127 Å². The molecule has 0 spiro atoms. The van der Waals surface area contributed by atoms with E-state index in [2.05, 4.69) is 7.81 Å². The van der Waals surface area contributed by atoms with Gasteiger partial charge in [-0.2, -0.15) is 16.8 Å². The SMILES string of the molecule is O=S(=O)(O)OS(=O)(=O)OCCO. The number of rotatable bonds is 5. The second kappa shape index (κ2) is 4.11. The maximum absolute atomic E-state index is 10.3. The van der Waals surface area contributed by atoms with Gasteiger partial charge in [0.15, 0.2) is 0 Å². The predicted octanol–water partition coefficient (Wildman–Crippen LogP) is -1.94. The van der Waals surface area contributed by atoms with Gasteiger partial charge in [-0.1, -0.05) is 0 Å². The molecule has 0 radical (unpaired) electrons. The van der Waals surface area contributed by atoms with Gasteiger partial charge in [0.25, 0.3) is 0 Å². The minimum Gasteiger partial charge on any atom is -0.394 e. The van der Waals surface area contributed by atoms with Crippen LogP contribution in [-0.2, 0) is 28.6 Å². The number of aliphatic hydroxyl groups excluding tert-OH is 1. The minimum atomic E-state index is -5.11. The van der Waals surface area contributed by atoms with Crippen LogP contribution in [0.2, 0.25) is 0 Å². The van der Waals surface area contributed by atoms with Gasteiger partial charge in [0.05, 0.1) is 13.2 Å². The Kier molecular flexibility index (Phi) is 4.02. The fourth-order valence-corrected chi connectivity index (χ4v) is 1.54. The highest BCUT2D eigenvalue weighted by Crippen LogP contribution is 1.99. The summed E-state index contributed by atoms with van der Waals surface area (Å²) in [5, 5.41) is 8.07. The van der Waals surface area contributed by atoms with E-state index in [0.29, 0.717) is 0 Å². The quantitative estimate of drug-likeness (QED) is 0.514. The van der Waals surface area contributed by atoms with Crippen molar-refractivity contribution in [3.05, 3.63) is 0 Å². The average Bonchev–Trinajstić information content (AvgIpc) is 1.78. The molecule has 0 aromatic heterocycles. The summed E-state index contributed by atoms with van der Waals surface area (Å²) in [5.41, 5.74) is 0. The van der Waals surface area contributed by atoms with E-state index >= 15 is 0 Å². The fraction of sp³-hybridized carbons (Fsp3) is 1.00. The van der Waals surface area contributed by atoms with Crippen LogP contribution in [0.5, 0.6) is 0 Å². The first-order valence-electron chi connectivity index (χ1n) is 2.45. The van der Waals surface area contributed by atoms with E-state index in [9.17, 15) is 16.8 Å². The molecule has 0 saturated carbocycles. The lowest BCUT2D eigenvalue weighted by Crippen LogP contribution is -2.16. The van der Waals surface area contributed by atoms with Crippen LogP contribution in [0.25, 0.3) is 0 Å². The lowest BCUT2D eigenvalue weighted by Gasteiger charge is -1.99. The maximum Gasteiger partial charge on any atom is 0.416 e. The molecule has 2 N–H and O–H groups in total. The highest BCUT2D eigenvalue weighted by atomic mass is 32.3. The molecule has 0 aromatic carbocycles. The molecule has 0 heterocycles. The summed E-state index contributed by atoms with van der Waals surface area (Å²) in [6.07, 6.45) is 0. The van der Waals surface area contributed by atoms with Gasteiger partial charge in [-0.05, 0) is 0 Å². The first-order valence-corrected chi connectivity index (χ1v) is 5.15. The van der Waals surface area contributed by atoms with E-state index in [-0.39, 0.29) is 0 Å². The van der Waals surface area contributed by atoms with Crippen molar-refractivity contribution in [3.8, 4) is 0 Å². The Morgan fingerprint density at radius 2 is 1.67 bits per heavy atom. The zero-order valence-corrected chi connectivity index (χ0v) is 7.21. The summed E-state index contributed by atoms with van der Waals surface area (Å²) < 4.78 is 55.0. The van der Waals surface area contributed by atoms with Crippen molar-refractivity contribution >= 4 is 20.8 Å². The molecule has 0 atom stereocenters. The van der Waals surface area contributed by atoms with E-state index in [4.69, 9.17) is 9.66 Å². The van der Waals surface area contributed by atoms with Crippen LogP contribution < -0.4 is 0 Å². The molecular formula is C2H6O8S2. The molecule has 0 aromatic rings. The number of aliphatic hydroxyl groups is 1. The highest BCUT2D eigenvalue weighted by Gasteiger charge is 2.20. The van der Waals surface area contributed by atoms with Crippen molar-refractivity contribution in [2.24, 2.45) is 0 Å². The van der Waals surface area contributed by atoms with Crippen LogP contribution in [0.1, 0.15) is 0 Å². The smallest absolute Gasteiger partial charge is 0.394 e. The van der Waals surface area contributed by atoms with Gasteiger partial charge in [-0.25, -0.2) is 4.18 Å². The summed E-state index contributed by atoms with van der Waals surface area (Å²) in [4.78, 5) is 0. The molecule has 0 rings (SSSR count). The average molecular weight is 222 g/mol. The van der Waals surface area contributed by atoms with Crippen LogP contribution in [0.4, 0.5) is 0 Å². The van der Waals surface area contributed by atoms with E-state index in [1.807, 2.05) is 0 Å². The molecule has 0 aliphatic heterocycles. The molecule has 0 unspecified atom stereocenters. The summed E-state index contributed by atoms with van der Waals surface area (Å²) >= 11 is 0. The standard InChI is InChI=1S/C2H6O8S2/c3-1-2-9-12(7,8)10-11(4,5)6/h3H,1-2H2,(H,4,5,6). The lowest BCUT2D eigenvalue weighted by molar-refractivity contribution is 0.189. The summed E-state index contributed by atoms with van der Waals surface area (Å²) in [5.74, 6) is 0. The fourth-order valence-electron chi connectivity index (χ4n) is 0.264. The van der Waals surface area contributed by atoms with E-state index in [1.165, 1.54) is 0 Å². The summed E-state index contributed by atoms with van der Waals surface area (Å²) in [7, 11) is -9.91. The Hall–Kier alpha value is -0.260. The molecule has 12 heavy (non-hydrogen) atoms. The molecule has 0 amide bonds. The molecule has 0 aliphatic carbocycles. The highest BCUT2D eigenvalue weighted by molar-refractivity contribution is 7.94. The molecule has 0 fully saturated rings. The first-order chi connectivity index (χ1) is 5.27. The van der Waals surface area contributed by atoms with Crippen molar-refractivity contribution < 1.29 is 34.3 Å². The predicted molar refractivity (Wildman–Crippen MR) is 34.6 cm³/mol. The van der Waals surface area contributed by atoms with Crippen LogP contribution in [-0.4, -0.2) is 39.7 Å². The van der Waals surface area contributed by atoms with Gasteiger partial charge < -0.3 is 5.11 Å².